The number of carbonyl (C=O) groups excluding carboxylic acids is 1. The minimum Gasteiger partial charge on any atom is -0.481 e. The third-order valence-electron chi connectivity index (χ3n) is 2.88. The molecule has 0 radical (unpaired) electrons. The fourth-order valence-corrected chi connectivity index (χ4v) is 2.01. The predicted molar refractivity (Wildman–Crippen MR) is 67.2 cm³/mol. The van der Waals surface area contributed by atoms with Gasteiger partial charge in [-0.1, -0.05) is 13.0 Å². The Morgan fingerprint density at radius 2 is 2.21 bits per heavy atom. The quantitative estimate of drug-likeness (QED) is 0.848. The normalized spacial score (nSPS) is 12.3. The number of imidazole rings is 1. The van der Waals surface area contributed by atoms with Gasteiger partial charge in [0.05, 0.1) is 19.0 Å². The lowest BCUT2D eigenvalue weighted by atomic mass is 10.1. The number of carbonyl (C=O) groups is 2. The summed E-state index contributed by atoms with van der Waals surface area (Å²) in [6.45, 7) is 1.76. The topological polar surface area (TPSA) is 80.9 Å². The summed E-state index contributed by atoms with van der Waals surface area (Å²) in [7, 11) is 1.29. The zero-order valence-corrected chi connectivity index (χ0v) is 10.7. The summed E-state index contributed by atoms with van der Waals surface area (Å²) in [6, 6.07) is 5.33. The van der Waals surface area contributed by atoms with Crippen molar-refractivity contribution in [1.29, 1.82) is 0 Å². The highest BCUT2D eigenvalue weighted by molar-refractivity contribution is 5.95. The zero-order chi connectivity index (χ0) is 14.0. The summed E-state index contributed by atoms with van der Waals surface area (Å²) in [6.07, 6.45) is 1.71. The molecule has 19 heavy (non-hydrogen) atoms. The van der Waals surface area contributed by atoms with E-state index < -0.39 is 11.9 Å². The van der Waals surface area contributed by atoms with Crippen molar-refractivity contribution < 1.29 is 19.4 Å². The maximum absolute atomic E-state index is 11.7. The first kappa shape index (κ1) is 13.1. The molecule has 1 atom stereocenters. The minimum absolute atomic E-state index is 0.0470. The first-order valence-corrected chi connectivity index (χ1v) is 5.81. The van der Waals surface area contributed by atoms with Gasteiger partial charge in [-0.3, -0.25) is 4.79 Å². The average Bonchev–Trinajstić information content (AvgIpc) is 2.76. The van der Waals surface area contributed by atoms with Crippen molar-refractivity contribution >= 4 is 17.5 Å². The predicted octanol–water partition coefficient (Wildman–Crippen LogP) is 1.70. The lowest BCUT2D eigenvalue weighted by Crippen LogP contribution is -2.07. The second-order valence-corrected chi connectivity index (χ2v) is 4.26. The minimum atomic E-state index is -0.903. The number of nitrogens with zero attached hydrogens (tertiary/aromatic N) is 2. The van der Waals surface area contributed by atoms with Crippen molar-refractivity contribution in [2.45, 2.75) is 19.3 Å². The van der Waals surface area contributed by atoms with Crippen LogP contribution in [0.5, 0.6) is 0 Å². The largest absolute Gasteiger partial charge is 0.481 e. The molecule has 0 bridgehead atoms. The van der Waals surface area contributed by atoms with E-state index in [1.807, 2.05) is 0 Å². The summed E-state index contributed by atoms with van der Waals surface area (Å²) in [5, 5.41) is 8.85. The van der Waals surface area contributed by atoms with Crippen LogP contribution in [0.4, 0.5) is 0 Å². The van der Waals surface area contributed by atoms with Gasteiger partial charge < -0.3 is 14.2 Å². The molecule has 0 aliphatic heterocycles. The first-order chi connectivity index (χ1) is 9.04. The van der Waals surface area contributed by atoms with Crippen molar-refractivity contribution in [2.24, 2.45) is 0 Å². The summed E-state index contributed by atoms with van der Waals surface area (Å²) >= 11 is 0. The Balaban J connectivity index is 2.56. The molecule has 0 spiro atoms. The van der Waals surface area contributed by atoms with Gasteiger partial charge in [-0.05, 0) is 12.1 Å². The Morgan fingerprint density at radius 1 is 1.47 bits per heavy atom. The molecular weight excluding hydrogens is 248 g/mol. The van der Waals surface area contributed by atoms with Crippen LogP contribution in [0.15, 0.2) is 24.4 Å². The van der Waals surface area contributed by atoms with Crippen molar-refractivity contribution in [1.82, 2.24) is 9.38 Å². The zero-order valence-electron chi connectivity index (χ0n) is 10.7. The lowest BCUT2D eigenvalue weighted by molar-refractivity contribution is -0.137. The molecule has 0 saturated heterocycles. The van der Waals surface area contributed by atoms with Crippen LogP contribution in [-0.4, -0.2) is 33.5 Å². The fraction of sp³-hybridized carbons (Fsp3) is 0.308. The fourth-order valence-electron chi connectivity index (χ4n) is 2.01. The van der Waals surface area contributed by atoms with Crippen molar-refractivity contribution in [3.05, 3.63) is 35.9 Å². The van der Waals surface area contributed by atoms with E-state index in [9.17, 15) is 9.59 Å². The average molecular weight is 262 g/mol. The van der Waals surface area contributed by atoms with E-state index in [1.54, 1.807) is 35.7 Å². The standard InChI is InChI=1S/C13H14N2O4/c1-8(7-10(16)17)12-14-11(13(18)19-2)9-5-3-4-6-15(9)12/h3-6,8H,7H2,1-2H3,(H,16,17). The highest BCUT2D eigenvalue weighted by Crippen LogP contribution is 2.22. The van der Waals surface area contributed by atoms with Crippen molar-refractivity contribution in [2.75, 3.05) is 7.11 Å². The molecule has 0 amide bonds. The van der Waals surface area contributed by atoms with Gasteiger partial charge in [0.1, 0.15) is 5.82 Å². The van der Waals surface area contributed by atoms with E-state index >= 15 is 0 Å². The number of fused-ring (bicyclic) bond motifs is 1. The number of aliphatic carboxylic acids is 1. The number of esters is 1. The Labute approximate surface area is 109 Å². The van der Waals surface area contributed by atoms with Crippen LogP contribution in [-0.2, 0) is 9.53 Å². The van der Waals surface area contributed by atoms with Gasteiger partial charge in [0.2, 0.25) is 0 Å². The highest BCUT2D eigenvalue weighted by atomic mass is 16.5. The summed E-state index contributed by atoms with van der Waals surface area (Å²) in [4.78, 5) is 26.7. The molecule has 100 valence electrons. The smallest absolute Gasteiger partial charge is 0.358 e. The van der Waals surface area contributed by atoms with Crippen molar-refractivity contribution in [3.63, 3.8) is 0 Å². The van der Waals surface area contributed by atoms with Gasteiger partial charge in [0.25, 0.3) is 0 Å². The summed E-state index contributed by atoms with van der Waals surface area (Å²) in [5.41, 5.74) is 0.817. The van der Waals surface area contributed by atoms with E-state index in [2.05, 4.69) is 9.72 Å². The van der Waals surface area contributed by atoms with Crippen LogP contribution in [0.2, 0.25) is 0 Å². The Bertz CT molecular complexity index is 633. The third-order valence-corrected chi connectivity index (χ3v) is 2.88. The van der Waals surface area contributed by atoms with E-state index in [1.165, 1.54) is 7.11 Å². The number of ether oxygens (including phenoxy) is 1. The third kappa shape index (κ3) is 2.42. The molecule has 0 saturated carbocycles. The number of rotatable bonds is 4. The van der Waals surface area contributed by atoms with Gasteiger partial charge in [0, 0.05) is 12.1 Å². The van der Waals surface area contributed by atoms with Crippen LogP contribution in [0, 0.1) is 0 Å². The molecule has 2 aromatic rings. The molecule has 0 aromatic carbocycles. The number of aromatic nitrogens is 2. The van der Waals surface area contributed by atoms with E-state index in [4.69, 9.17) is 5.11 Å². The molecule has 0 fully saturated rings. The van der Waals surface area contributed by atoms with Gasteiger partial charge in [-0.2, -0.15) is 0 Å². The van der Waals surface area contributed by atoms with E-state index in [0.29, 0.717) is 11.3 Å². The number of methoxy groups -OCH3 is 1. The molecule has 2 rings (SSSR count). The Kier molecular flexibility index (Phi) is 3.50. The molecule has 0 aliphatic carbocycles. The molecule has 6 heteroatoms. The molecule has 2 aromatic heterocycles. The van der Waals surface area contributed by atoms with E-state index in [0.717, 1.165) is 0 Å². The lowest BCUT2D eigenvalue weighted by Gasteiger charge is -2.06. The number of carboxylic acid groups (broad SMARTS) is 1. The van der Waals surface area contributed by atoms with Gasteiger partial charge in [-0.25, -0.2) is 9.78 Å². The monoisotopic (exact) mass is 262 g/mol. The van der Waals surface area contributed by atoms with Gasteiger partial charge in [0.15, 0.2) is 5.69 Å². The SMILES string of the molecule is COC(=O)c1nc(C(C)CC(=O)O)n2ccccc12. The molecule has 1 N–H and O–H groups in total. The first-order valence-electron chi connectivity index (χ1n) is 5.81. The van der Waals surface area contributed by atoms with Crippen LogP contribution in [0.25, 0.3) is 5.52 Å². The second-order valence-electron chi connectivity index (χ2n) is 4.26. The Hall–Kier alpha value is -2.37. The van der Waals surface area contributed by atoms with Crippen LogP contribution < -0.4 is 0 Å². The maximum atomic E-state index is 11.7. The number of pyridine rings is 1. The maximum Gasteiger partial charge on any atom is 0.358 e. The van der Waals surface area contributed by atoms with Crippen LogP contribution in [0.3, 0.4) is 0 Å². The van der Waals surface area contributed by atoms with Crippen LogP contribution in [0.1, 0.15) is 35.6 Å². The van der Waals surface area contributed by atoms with E-state index in [-0.39, 0.29) is 18.0 Å². The summed E-state index contributed by atoms with van der Waals surface area (Å²) in [5.74, 6) is -1.19. The number of hydrogen-bond donors (Lipinski definition) is 1. The van der Waals surface area contributed by atoms with Gasteiger partial charge in [-0.15, -0.1) is 0 Å². The highest BCUT2D eigenvalue weighted by Gasteiger charge is 2.22. The molecule has 2 heterocycles. The Morgan fingerprint density at radius 3 is 2.84 bits per heavy atom. The number of hydrogen-bond acceptors (Lipinski definition) is 4. The molecule has 1 unspecified atom stereocenters. The molecule has 0 aliphatic rings. The van der Waals surface area contributed by atoms with Crippen LogP contribution >= 0.6 is 0 Å². The summed E-state index contributed by atoms with van der Waals surface area (Å²) < 4.78 is 6.41. The second kappa shape index (κ2) is 5.09. The molecule has 6 nitrogen and oxygen atoms in total. The van der Waals surface area contributed by atoms with Crippen molar-refractivity contribution in [3.8, 4) is 0 Å². The van der Waals surface area contributed by atoms with Gasteiger partial charge >= 0.3 is 11.9 Å². The number of carboxylic acids is 1. The molecular formula is C13H14N2O4.